The van der Waals surface area contributed by atoms with E-state index in [1.165, 1.54) is 13.2 Å². The Morgan fingerprint density at radius 2 is 1.90 bits per heavy atom. The van der Waals surface area contributed by atoms with Crippen LogP contribution in [0.2, 0.25) is 5.02 Å². The van der Waals surface area contributed by atoms with Crippen LogP contribution in [-0.2, 0) is 21.4 Å². The van der Waals surface area contributed by atoms with Crippen molar-refractivity contribution < 1.29 is 27.1 Å². The number of nitrogens with zero attached hydrogens (tertiary/aromatic N) is 1. The fourth-order valence-electron chi connectivity index (χ4n) is 2.60. The fourth-order valence-corrected chi connectivity index (χ4v) is 3.62. The zero-order valence-corrected chi connectivity index (χ0v) is 18.7. The maximum absolute atomic E-state index is 13.4. The molecule has 0 aromatic heterocycles. The van der Waals surface area contributed by atoms with Crippen molar-refractivity contribution in [3.8, 4) is 11.5 Å². The molecule has 0 radical (unpaired) electrons. The number of nitrogens with one attached hydrogen (secondary N) is 1. The average Bonchev–Trinajstić information content (AvgIpc) is 2.66. The van der Waals surface area contributed by atoms with Crippen LogP contribution in [0.4, 0.5) is 10.1 Å². The summed E-state index contributed by atoms with van der Waals surface area (Å²) in [7, 11) is -2.28. The van der Waals surface area contributed by atoms with Crippen molar-refractivity contribution in [1.82, 2.24) is 5.32 Å². The first kappa shape index (κ1) is 23.8. The van der Waals surface area contributed by atoms with E-state index in [9.17, 15) is 17.6 Å². The molecule has 10 heteroatoms. The van der Waals surface area contributed by atoms with E-state index in [0.717, 1.165) is 28.3 Å². The highest BCUT2D eigenvalue weighted by molar-refractivity contribution is 7.92. The number of anilines is 1. The molecule has 0 aliphatic carbocycles. The predicted octanol–water partition coefficient (Wildman–Crippen LogP) is 3.36. The molecule has 0 saturated carbocycles. The van der Waals surface area contributed by atoms with Crippen LogP contribution in [0.15, 0.2) is 36.4 Å². The Hall–Kier alpha value is -2.52. The van der Waals surface area contributed by atoms with E-state index in [-0.39, 0.29) is 23.4 Å². The molecule has 0 saturated heterocycles. The third-order valence-electron chi connectivity index (χ3n) is 3.96. The molecule has 0 heterocycles. The maximum Gasteiger partial charge on any atom is 0.241 e. The molecule has 30 heavy (non-hydrogen) atoms. The van der Waals surface area contributed by atoms with Crippen LogP contribution >= 0.6 is 11.6 Å². The Balaban J connectivity index is 2.10. The number of carbonyl (C=O) groups is 1. The van der Waals surface area contributed by atoms with Crippen molar-refractivity contribution >= 4 is 33.2 Å². The van der Waals surface area contributed by atoms with E-state index < -0.39 is 28.3 Å². The van der Waals surface area contributed by atoms with Gasteiger partial charge in [0.05, 0.1) is 30.2 Å². The lowest BCUT2D eigenvalue weighted by molar-refractivity contribution is -0.119. The first-order valence-corrected chi connectivity index (χ1v) is 11.3. The standard InChI is InChI=1S/C20H24ClFN2O5S/c1-13(2)29-18-8-5-14(9-19(18)28-3)11-23-20(25)12-24(30(4,26)27)15-6-7-17(22)16(21)10-15/h5-10,13H,11-12H2,1-4H3,(H,23,25). The maximum atomic E-state index is 13.4. The molecule has 2 aromatic rings. The summed E-state index contributed by atoms with van der Waals surface area (Å²) in [5.74, 6) is -0.118. The number of hydrogen-bond donors (Lipinski definition) is 1. The highest BCUT2D eigenvalue weighted by atomic mass is 35.5. The Morgan fingerprint density at radius 1 is 1.20 bits per heavy atom. The minimum atomic E-state index is -3.80. The van der Waals surface area contributed by atoms with Crippen molar-refractivity contribution in [2.75, 3.05) is 24.2 Å². The molecule has 0 fully saturated rings. The Morgan fingerprint density at radius 3 is 2.47 bits per heavy atom. The van der Waals surface area contributed by atoms with Crippen molar-refractivity contribution in [3.05, 3.63) is 52.8 Å². The topological polar surface area (TPSA) is 84.9 Å². The molecule has 1 N–H and O–H groups in total. The molecule has 0 bridgehead atoms. The van der Waals surface area contributed by atoms with Gasteiger partial charge in [0, 0.05) is 6.54 Å². The SMILES string of the molecule is COc1cc(CNC(=O)CN(c2ccc(F)c(Cl)c2)S(C)(=O)=O)ccc1OC(C)C. The van der Waals surface area contributed by atoms with Gasteiger partial charge in [0.25, 0.3) is 0 Å². The second-order valence-electron chi connectivity index (χ2n) is 6.80. The molecule has 2 aromatic carbocycles. The largest absolute Gasteiger partial charge is 0.493 e. The van der Waals surface area contributed by atoms with E-state index in [1.807, 2.05) is 13.8 Å². The number of methoxy groups -OCH3 is 1. The van der Waals surface area contributed by atoms with E-state index in [4.69, 9.17) is 21.1 Å². The van der Waals surface area contributed by atoms with Crippen molar-refractivity contribution in [2.24, 2.45) is 0 Å². The van der Waals surface area contributed by atoms with Gasteiger partial charge in [-0.1, -0.05) is 17.7 Å². The van der Waals surface area contributed by atoms with Crippen LogP contribution in [0.1, 0.15) is 19.4 Å². The van der Waals surface area contributed by atoms with E-state index in [1.54, 1.807) is 18.2 Å². The number of benzene rings is 2. The predicted molar refractivity (Wildman–Crippen MR) is 114 cm³/mol. The van der Waals surface area contributed by atoms with Gasteiger partial charge in [-0.25, -0.2) is 12.8 Å². The third kappa shape index (κ3) is 6.50. The number of rotatable bonds is 9. The van der Waals surface area contributed by atoms with Crippen LogP contribution < -0.4 is 19.1 Å². The lowest BCUT2D eigenvalue weighted by atomic mass is 10.2. The molecule has 7 nitrogen and oxygen atoms in total. The molecule has 164 valence electrons. The lowest BCUT2D eigenvalue weighted by Gasteiger charge is -2.22. The zero-order valence-electron chi connectivity index (χ0n) is 17.1. The second-order valence-corrected chi connectivity index (χ2v) is 9.11. The zero-order chi connectivity index (χ0) is 22.5. The van der Waals surface area contributed by atoms with Crippen LogP contribution in [0.25, 0.3) is 0 Å². The van der Waals surface area contributed by atoms with Gasteiger partial charge in [-0.05, 0) is 49.7 Å². The number of ether oxygens (including phenoxy) is 2. The fraction of sp³-hybridized carbons (Fsp3) is 0.350. The van der Waals surface area contributed by atoms with Crippen molar-refractivity contribution in [2.45, 2.75) is 26.5 Å². The molecule has 0 spiro atoms. The van der Waals surface area contributed by atoms with Gasteiger partial charge in [-0.2, -0.15) is 0 Å². The smallest absolute Gasteiger partial charge is 0.241 e. The van der Waals surface area contributed by atoms with Gasteiger partial charge in [-0.15, -0.1) is 0 Å². The summed E-state index contributed by atoms with van der Waals surface area (Å²) in [5.41, 5.74) is 0.836. The minimum absolute atomic E-state index is 0.0219. The van der Waals surface area contributed by atoms with Gasteiger partial charge in [0.15, 0.2) is 11.5 Å². The van der Waals surface area contributed by atoms with Crippen LogP contribution in [-0.4, -0.2) is 40.3 Å². The number of halogens is 2. The highest BCUT2D eigenvalue weighted by Gasteiger charge is 2.21. The monoisotopic (exact) mass is 458 g/mol. The summed E-state index contributed by atoms with van der Waals surface area (Å²) in [5, 5.41) is 2.42. The molecule has 2 rings (SSSR count). The molecule has 1 amide bonds. The molecule has 0 atom stereocenters. The third-order valence-corrected chi connectivity index (χ3v) is 5.39. The first-order valence-electron chi connectivity index (χ1n) is 9.04. The molecule has 0 unspecified atom stereocenters. The molecule has 0 aliphatic rings. The molecule has 0 aliphatic heterocycles. The van der Waals surface area contributed by atoms with E-state index in [0.29, 0.717) is 11.5 Å². The number of carbonyl (C=O) groups excluding carboxylic acids is 1. The van der Waals surface area contributed by atoms with E-state index >= 15 is 0 Å². The van der Waals surface area contributed by atoms with Crippen LogP contribution in [0.5, 0.6) is 11.5 Å². The van der Waals surface area contributed by atoms with Gasteiger partial charge in [0.2, 0.25) is 15.9 Å². The first-order chi connectivity index (χ1) is 14.0. The van der Waals surface area contributed by atoms with Crippen LogP contribution in [0, 0.1) is 5.82 Å². The lowest BCUT2D eigenvalue weighted by Crippen LogP contribution is -2.40. The summed E-state index contributed by atoms with van der Waals surface area (Å²) < 4.78 is 49.5. The molecular weight excluding hydrogens is 435 g/mol. The Kier molecular flexibility index (Phi) is 7.91. The van der Waals surface area contributed by atoms with E-state index in [2.05, 4.69) is 5.32 Å². The normalized spacial score (nSPS) is 11.3. The van der Waals surface area contributed by atoms with Gasteiger partial charge < -0.3 is 14.8 Å². The van der Waals surface area contributed by atoms with Crippen LogP contribution in [0.3, 0.4) is 0 Å². The summed E-state index contributed by atoms with van der Waals surface area (Å²) in [6.45, 7) is 3.47. The average molecular weight is 459 g/mol. The number of amides is 1. The quantitative estimate of drug-likeness (QED) is 0.622. The summed E-state index contributed by atoms with van der Waals surface area (Å²) in [6, 6.07) is 8.68. The number of hydrogen-bond acceptors (Lipinski definition) is 5. The molecular formula is C20H24ClFN2O5S. The summed E-state index contributed by atoms with van der Waals surface area (Å²) in [6.07, 6.45) is 0.932. The van der Waals surface area contributed by atoms with Crippen molar-refractivity contribution in [3.63, 3.8) is 0 Å². The highest BCUT2D eigenvalue weighted by Crippen LogP contribution is 2.29. The van der Waals surface area contributed by atoms with Crippen molar-refractivity contribution in [1.29, 1.82) is 0 Å². The van der Waals surface area contributed by atoms with Gasteiger partial charge in [-0.3, -0.25) is 9.10 Å². The minimum Gasteiger partial charge on any atom is -0.493 e. The summed E-state index contributed by atoms with van der Waals surface area (Å²) in [4.78, 5) is 12.4. The summed E-state index contributed by atoms with van der Waals surface area (Å²) >= 11 is 5.74. The van der Waals surface area contributed by atoms with Gasteiger partial charge in [0.1, 0.15) is 12.4 Å². The Bertz CT molecular complexity index is 1010. The Labute approximate surface area is 180 Å². The van der Waals surface area contributed by atoms with Gasteiger partial charge >= 0.3 is 0 Å². The second kappa shape index (κ2) is 9.99. The number of sulfonamides is 1.